The lowest BCUT2D eigenvalue weighted by Crippen LogP contribution is -2.53. The highest BCUT2D eigenvalue weighted by Gasteiger charge is 2.20. The second-order valence-electron chi connectivity index (χ2n) is 6.79. The second kappa shape index (κ2) is 12.3. The first-order valence-corrected chi connectivity index (χ1v) is 9.78. The lowest BCUT2D eigenvalue weighted by Gasteiger charge is -2.37. The highest BCUT2D eigenvalue weighted by atomic mass is 127. The number of pyridine rings is 1. The zero-order valence-electron chi connectivity index (χ0n) is 17.1. The van der Waals surface area contributed by atoms with E-state index in [0.717, 1.165) is 43.5 Å². The molecule has 2 aromatic rings. The topological polar surface area (TPSA) is 72.9 Å². The monoisotopic (exact) mass is 526 g/mol. The van der Waals surface area contributed by atoms with Gasteiger partial charge in [-0.15, -0.1) is 24.0 Å². The SMILES string of the molecule is CN=C(NCCNC(=O)Cc1ccc(F)cc1)N1CCN(c2ccccn2)CC1.I. The predicted molar refractivity (Wildman–Crippen MR) is 128 cm³/mol. The Balaban J connectivity index is 0.00000320. The summed E-state index contributed by atoms with van der Waals surface area (Å²) in [5.74, 6) is 1.44. The minimum absolute atomic E-state index is 0. The molecule has 1 amide bonds. The van der Waals surface area contributed by atoms with Crippen LogP contribution < -0.4 is 15.5 Å². The van der Waals surface area contributed by atoms with Crippen LogP contribution in [0.4, 0.5) is 10.2 Å². The van der Waals surface area contributed by atoms with Crippen molar-refractivity contribution in [2.75, 3.05) is 51.2 Å². The van der Waals surface area contributed by atoms with Gasteiger partial charge in [0.2, 0.25) is 5.91 Å². The van der Waals surface area contributed by atoms with E-state index in [2.05, 4.69) is 30.4 Å². The number of guanidine groups is 1. The Labute approximate surface area is 193 Å². The summed E-state index contributed by atoms with van der Waals surface area (Å²) in [5.41, 5.74) is 0.790. The summed E-state index contributed by atoms with van der Waals surface area (Å²) in [6, 6.07) is 11.9. The Hall–Kier alpha value is -2.43. The maximum Gasteiger partial charge on any atom is 0.224 e. The molecule has 1 saturated heterocycles. The standard InChI is InChI=1S/C21H27FN6O.HI/c1-23-21(28-14-12-27(13-15-28)19-4-2-3-9-24-19)26-11-10-25-20(29)16-17-5-7-18(22)8-6-17;/h2-9H,10-16H2,1H3,(H,23,26)(H,25,29);1H. The van der Waals surface area contributed by atoms with Gasteiger partial charge in [0.15, 0.2) is 5.96 Å². The van der Waals surface area contributed by atoms with Crippen molar-refractivity contribution in [2.45, 2.75) is 6.42 Å². The van der Waals surface area contributed by atoms with Crippen LogP contribution in [0.5, 0.6) is 0 Å². The van der Waals surface area contributed by atoms with E-state index in [1.54, 1.807) is 19.2 Å². The molecule has 1 aliphatic heterocycles. The van der Waals surface area contributed by atoms with Crippen LogP contribution in [0.15, 0.2) is 53.7 Å². The highest BCUT2D eigenvalue weighted by Crippen LogP contribution is 2.12. The van der Waals surface area contributed by atoms with Gasteiger partial charge >= 0.3 is 0 Å². The van der Waals surface area contributed by atoms with Gasteiger partial charge in [0.05, 0.1) is 6.42 Å². The van der Waals surface area contributed by atoms with Gasteiger partial charge in [-0.1, -0.05) is 18.2 Å². The molecule has 0 aliphatic carbocycles. The van der Waals surface area contributed by atoms with Gasteiger partial charge in [0.1, 0.15) is 11.6 Å². The summed E-state index contributed by atoms with van der Waals surface area (Å²) in [5, 5.41) is 6.17. The maximum atomic E-state index is 12.9. The number of piperazine rings is 1. The fourth-order valence-electron chi connectivity index (χ4n) is 3.25. The highest BCUT2D eigenvalue weighted by molar-refractivity contribution is 14.0. The number of hydrogen-bond acceptors (Lipinski definition) is 4. The van der Waals surface area contributed by atoms with Crippen LogP contribution in [0.2, 0.25) is 0 Å². The van der Waals surface area contributed by atoms with Crippen molar-refractivity contribution in [3.05, 3.63) is 60.0 Å². The number of anilines is 1. The van der Waals surface area contributed by atoms with Gasteiger partial charge in [-0.2, -0.15) is 0 Å². The first kappa shape index (κ1) is 23.8. The molecule has 1 aromatic heterocycles. The number of hydrogen-bond donors (Lipinski definition) is 2. The molecule has 0 bridgehead atoms. The Kier molecular flexibility index (Phi) is 9.78. The lowest BCUT2D eigenvalue weighted by atomic mass is 10.1. The molecule has 30 heavy (non-hydrogen) atoms. The molecule has 9 heteroatoms. The number of rotatable bonds is 6. The molecule has 7 nitrogen and oxygen atoms in total. The van der Waals surface area contributed by atoms with Crippen molar-refractivity contribution >= 4 is 41.7 Å². The number of aromatic nitrogens is 1. The van der Waals surface area contributed by atoms with Gasteiger partial charge < -0.3 is 20.4 Å². The molecule has 1 fully saturated rings. The van der Waals surface area contributed by atoms with E-state index in [4.69, 9.17) is 0 Å². The number of nitrogens with one attached hydrogen (secondary N) is 2. The molecular weight excluding hydrogens is 498 g/mol. The van der Waals surface area contributed by atoms with E-state index in [0.29, 0.717) is 13.1 Å². The van der Waals surface area contributed by atoms with Crippen LogP contribution in [0.3, 0.4) is 0 Å². The van der Waals surface area contributed by atoms with Gasteiger partial charge in [0.25, 0.3) is 0 Å². The Morgan fingerprint density at radius 3 is 2.40 bits per heavy atom. The Bertz CT molecular complexity index is 810. The quantitative estimate of drug-likeness (QED) is 0.261. The molecule has 1 aromatic carbocycles. The van der Waals surface area contributed by atoms with Crippen LogP contribution >= 0.6 is 24.0 Å². The number of nitrogens with zero attached hydrogens (tertiary/aromatic N) is 4. The number of aliphatic imine (C=N–C) groups is 1. The average molecular weight is 526 g/mol. The largest absolute Gasteiger partial charge is 0.354 e. The molecule has 0 spiro atoms. The molecule has 0 unspecified atom stereocenters. The molecule has 2 N–H and O–H groups in total. The molecule has 3 rings (SSSR count). The minimum Gasteiger partial charge on any atom is -0.354 e. The van der Waals surface area contributed by atoms with Crippen LogP contribution in [0, 0.1) is 5.82 Å². The van der Waals surface area contributed by atoms with E-state index < -0.39 is 0 Å². The number of carbonyl (C=O) groups is 1. The molecular formula is C21H28FIN6O. The number of halogens is 2. The smallest absolute Gasteiger partial charge is 0.224 e. The minimum atomic E-state index is -0.300. The molecule has 0 saturated carbocycles. The van der Waals surface area contributed by atoms with Crippen LogP contribution in [-0.4, -0.2) is 68.1 Å². The Morgan fingerprint density at radius 2 is 1.77 bits per heavy atom. The normalized spacial score (nSPS) is 14.1. The van der Waals surface area contributed by atoms with E-state index in [9.17, 15) is 9.18 Å². The van der Waals surface area contributed by atoms with E-state index >= 15 is 0 Å². The van der Waals surface area contributed by atoms with Crippen molar-refractivity contribution in [3.63, 3.8) is 0 Å². The van der Waals surface area contributed by atoms with E-state index in [1.807, 2.05) is 24.4 Å². The summed E-state index contributed by atoms with van der Waals surface area (Å²) in [4.78, 5) is 25.2. The summed E-state index contributed by atoms with van der Waals surface area (Å²) < 4.78 is 12.9. The first-order valence-electron chi connectivity index (χ1n) is 9.78. The lowest BCUT2D eigenvalue weighted by molar-refractivity contribution is -0.120. The summed E-state index contributed by atoms with van der Waals surface area (Å²) in [6.45, 7) is 4.55. The number of amides is 1. The van der Waals surface area contributed by atoms with Crippen LogP contribution in [0.25, 0.3) is 0 Å². The molecule has 162 valence electrons. The zero-order chi connectivity index (χ0) is 20.5. The summed E-state index contributed by atoms with van der Waals surface area (Å²) >= 11 is 0. The van der Waals surface area contributed by atoms with Crippen LogP contribution in [-0.2, 0) is 11.2 Å². The molecule has 1 aliphatic rings. The van der Waals surface area contributed by atoms with Crippen LogP contribution in [0.1, 0.15) is 5.56 Å². The van der Waals surface area contributed by atoms with Crippen molar-refractivity contribution in [1.82, 2.24) is 20.5 Å². The fourth-order valence-corrected chi connectivity index (χ4v) is 3.25. The second-order valence-corrected chi connectivity index (χ2v) is 6.79. The van der Waals surface area contributed by atoms with E-state index in [-0.39, 0.29) is 42.1 Å². The van der Waals surface area contributed by atoms with Gasteiger partial charge in [0, 0.05) is 52.5 Å². The maximum absolute atomic E-state index is 12.9. The molecule has 0 atom stereocenters. The third-order valence-electron chi connectivity index (χ3n) is 4.77. The zero-order valence-corrected chi connectivity index (χ0v) is 19.4. The summed E-state index contributed by atoms with van der Waals surface area (Å²) in [7, 11) is 1.76. The Morgan fingerprint density at radius 1 is 1.07 bits per heavy atom. The third kappa shape index (κ3) is 7.12. The fraction of sp³-hybridized carbons (Fsp3) is 0.381. The third-order valence-corrected chi connectivity index (χ3v) is 4.77. The molecule has 0 radical (unpaired) electrons. The first-order chi connectivity index (χ1) is 14.2. The predicted octanol–water partition coefficient (Wildman–Crippen LogP) is 1.89. The summed E-state index contributed by atoms with van der Waals surface area (Å²) in [6.07, 6.45) is 2.05. The molecule has 2 heterocycles. The van der Waals surface area contributed by atoms with Crippen molar-refractivity contribution < 1.29 is 9.18 Å². The van der Waals surface area contributed by atoms with Crippen molar-refractivity contribution in [3.8, 4) is 0 Å². The van der Waals surface area contributed by atoms with Crippen molar-refractivity contribution in [1.29, 1.82) is 0 Å². The van der Waals surface area contributed by atoms with E-state index in [1.165, 1.54) is 12.1 Å². The number of benzene rings is 1. The van der Waals surface area contributed by atoms with Crippen molar-refractivity contribution in [2.24, 2.45) is 4.99 Å². The van der Waals surface area contributed by atoms with Gasteiger partial charge in [-0.05, 0) is 29.8 Å². The van der Waals surface area contributed by atoms with Gasteiger partial charge in [-0.3, -0.25) is 9.79 Å². The average Bonchev–Trinajstić information content (AvgIpc) is 2.76. The number of carbonyl (C=O) groups excluding carboxylic acids is 1. The van der Waals surface area contributed by atoms with Gasteiger partial charge in [-0.25, -0.2) is 9.37 Å².